The molecule has 4 nitrogen and oxygen atoms in total. The zero-order chi connectivity index (χ0) is 8.86. The van der Waals surface area contributed by atoms with Crippen molar-refractivity contribution < 1.29 is 20.1 Å². The zero-order valence-electron chi connectivity index (χ0n) is 6.48. The predicted molar refractivity (Wildman–Crippen MR) is 36.8 cm³/mol. The van der Waals surface area contributed by atoms with E-state index in [-0.39, 0.29) is 6.29 Å². The van der Waals surface area contributed by atoms with Gasteiger partial charge in [-0.3, -0.25) is 0 Å². The Morgan fingerprint density at radius 3 is 2.00 bits per heavy atom. The van der Waals surface area contributed by atoms with Crippen LogP contribution in [0.2, 0.25) is 0 Å². The van der Waals surface area contributed by atoms with Gasteiger partial charge in [0.25, 0.3) is 0 Å². The summed E-state index contributed by atoms with van der Waals surface area (Å²) in [7, 11) is 0. The first-order valence-electron chi connectivity index (χ1n) is 3.43. The molecule has 0 aliphatic heterocycles. The van der Waals surface area contributed by atoms with Crippen molar-refractivity contribution in [3.63, 3.8) is 0 Å². The molecule has 0 radical (unpaired) electrons. The lowest BCUT2D eigenvalue weighted by Gasteiger charge is -2.13. The minimum atomic E-state index is -1.64. The summed E-state index contributed by atoms with van der Waals surface area (Å²) in [6.07, 6.45) is -2.28. The van der Waals surface area contributed by atoms with Crippen LogP contribution >= 0.6 is 0 Å². The number of hydrogen-bond acceptors (Lipinski definition) is 4. The van der Waals surface area contributed by atoms with E-state index in [1.165, 1.54) is 0 Å². The minimum absolute atomic E-state index is 0.234. The van der Waals surface area contributed by atoms with Crippen molar-refractivity contribution in [2.45, 2.75) is 31.7 Å². The Balaban J connectivity index is 2.81. The Morgan fingerprint density at radius 2 is 1.91 bits per heavy atom. The van der Waals surface area contributed by atoms with Crippen molar-refractivity contribution in [1.29, 1.82) is 0 Å². The van der Waals surface area contributed by atoms with Crippen LogP contribution in [-0.4, -0.2) is 39.4 Å². The van der Waals surface area contributed by atoms with Gasteiger partial charge in [0.05, 0.1) is 6.10 Å². The van der Waals surface area contributed by atoms with E-state index in [0.717, 1.165) is 0 Å². The molecule has 3 N–H and O–H groups in total. The molecule has 4 heteroatoms. The monoisotopic (exact) mass is 160 g/mol. The van der Waals surface area contributed by atoms with Crippen molar-refractivity contribution >= 4 is 6.29 Å². The largest absolute Gasteiger partial charge is 0.389 e. The Kier molecular flexibility index (Phi) is 1.59. The third-order valence-electron chi connectivity index (χ3n) is 2.63. The lowest BCUT2D eigenvalue weighted by atomic mass is 10.0. The number of rotatable bonds is 2. The Bertz CT molecular complexity index is 189. The number of aliphatic hydroxyl groups is 3. The summed E-state index contributed by atoms with van der Waals surface area (Å²) < 4.78 is 0. The van der Waals surface area contributed by atoms with Crippen molar-refractivity contribution in [2.75, 3.05) is 0 Å². The highest BCUT2D eigenvalue weighted by Gasteiger charge is 2.74. The van der Waals surface area contributed by atoms with Gasteiger partial charge in [-0.25, -0.2) is 0 Å². The molecule has 0 amide bonds. The van der Waals surface area contributed by atoms with Crippen molar-refractivity contribution in [1.82, 2.24) is 0 Å². The molecule has 0 saturated heterocycles. The number of aldehydes is 1. The Morgan fingerprint density at radius 1 is 1.55 bits per heavy atom. The highest BCUT2D eigenvalue weighted by Crippen LogP contribution is 2.57. The van der Waals surface area contributed by atoms with Gasteiger partial charge in [-0.15, -0.1) is 0 Å². The molecule has 0 spiro atoms. The molecule has 1 aliphatic rings. The SMILES string of the molecule is CC1(C)C(O)[C@@]1(O)[C@@H](O)C=O. The average molecular weight is 160 g/mol. The van der Waals surface area contributed by atoms with E-state index in [1.54, 1.807) is 13.8 Å². The maximum atomic E-state index is 10.1. The highest BCUT2D eigenvalue weighted by atomic mass is 16.4. The second-order valence-electron chi connectivity index (χ2n) is 3.53. The molecule has 1 unspecified atom stereocenters. The van der Waals surface area contributed by atoms with Gasteiger partial charge in [0.15, 0.2) is 6.29 Å². The third-order valence-corrected chi connectivity index (χ3v) is 2.63. The molecule has 11 heavy (non-hydrogen) atoms. The molecule has 1 fully saturated rings. The number of hydrogen-bond donors (Lipinski definition) is 3. The summed E-state index contributed by atoms with van der Waals surface area (Å²) >= 11 is 0. The fourth-order valence-corrected chi connectivity index (χ4v) is 1.39. The van der Waals surface area contributed by atoms with Crippen LogP contribution in [0.1, 0.15) is 13.8 Å². The Hall–Kier alpha value is -0.450. The van der Waals surface area contributed by atoms with Crippen LogP contribution in [0, 0.1) is 5.41 Å². The van der Waals surface area contributed by atoms with Crippen molar-refractivity contribution in [2.24, 2.45) is 5.41 Å². The van der Waals surface area contributed by atoms with Crippen LogP contribution in [0.25, 0.3) is 0 Å². The highest BCUT2D eigenvalue weighted by molar-refractivity contribution is 5.61. The molecule has 1 aliphatic carbocycles. The van der Waals surface area contributed by atoms with Crippen LogP contribution < -0.4 is 0 Å². The number of carbonyl (C=O) groups is 1. The minimum Gasteiger partial charge on any atom is -0.389 e. The lowest BCUT2D eigenvalue weighted by Crippen LogP contribution is -2.35. The molecule has 0 aromatic heterocycles. The molecule has 0 aromatic rings. The van der Waals surface area contributed by atoms with Gasteiger partial charge in [-0.05, 0) is 0 Å². The predicted octanol–water partition coefficient (Wildman–Crippen LogP) is -1.32. The average Bonchev–Trinajstić information content (AvgIpc) is 2.34. The first-order chi connectivity index (χ1) is 4.89. The van der Waals surface area contributed by atoms with Gasteiger partial charge in [-0.1, -0.05) is 13.8 Å². The molecule has 0 aromatic carbocycles. The summed E-state index contributed by atoms with van der Waals surface area (Å²) in [4.78, 5) is 10.1. The fraction of sp³-hybridized carbons (Fsp3) is 0.857. The van der Waals surface area contributed by atoms with E-state index >= 15 is 0 Å². The fourth-order valence-electron chi connectivity index (χ4n) is 1.39. The second kappa shape index (κ2) is 2.03. The Labute approximate surface area is 64.5 Å². The molecule has 0 heterocycles. The summed E-state index contributed by atoms with van der Waals surface area (Å²) in [5.41, 5.74) is -2.43. The van der Waals surface area contributed by atoms with Gasteiger partial charge in [-0.2, -0.15) is 0 Å². The molecule has 3 atom stereocenters. The number of aliphatic hydroxyl groups excluding tert-OH is 2. The molecular weight excluding hydrogens is 148 g/mol. The summed E-state index contributed by atoms with van der Waals surface area (Å²) in [6, 6.07) is 0. The topological polar surface area (TPSA) is 77.8 Å². The smallest absolute Gasteiger partial charge is 0.151 e. The van der Waals surface area contributed by atoms with E-state index in [9.17, 15) is 9.90 Å². The first kappa shape index (κ1) is 8.64. The van der Waals surface area contributed by atoms with Gasteiger partial charge < -0.3 is 20.1 Å². The maximum absolute atomic E-state index is 10.1. The molecule has 0 bridgehead atoms. The number of carbonyl (C=O) groups excluding carboxylic acids is 1. The van der Waals surface area contributed by atoms with Crippen LogP contribution in [0.5, 0.6) is 0 Å². The van der Waals surface area contributed by atoms with Crippen LogP contribution in [0.3, 0.4) is 0 Å². The van der Waals surface area contributed by atoms with Gasteiger partial charge in [0.2, 0.25) is 0 Å². The third kappa shape index (κ3) is 0.772. The zero-order valence-corrected chi connectivity index (χ0v) is 6.48. The van der Waals surface area contributed by atoms with Crippen LogP contribution in [0.4, 0.5) is 0 Å². The van der Waals surface area contributed by atoms with Crippen molar-refractivity contribution in [3.8, 4) is 0 Å². The van der Waals surface area contributed by atoms with Crippen LogP contribution in [-0.2, 0) is 4.79 Å². The summed E-state index contributed by atoms with van der Waals surface area (Å²) in [5.74, 6) is 0. The standard InChI is InChI=1S/C7H12O4/c1-6(2)5(10)7(6,11)4(9)3-8/h3-5,9-11H,1-2H3/t4-,5?,7-/m0/s1. The van der Waals surface area contributed by atoms with Gasteiger partial charge in [0.1, 0.15) is 11.7 Å². The van der Waals surface area contributed by atoms with Crippen LogP contribution in [0.15, 0.2) is 0 Å². The summed E-state index contributed by atoms with van der Waals surface area (Å²) in [5, 5.41) is 27.6. The van der Waals surface area contributed by atoms with Gasteiger partial charge in [0, 0.05) is 5.41 Å². The second-order valence-corrected chi connectivity index (χ2v) is 3.53. The normalized spacial score (nSPS) is 43.2. The summed E-state index contributed by atoms with van der Waals surface area (Å²) in [6.45, 7) is 3.18. The van der Waals surface area contributed by atoms with E-state index in [2.05, 4.69) is 0 Å². The van der Waals surface area contributed by atoms with E-state index in [1.807, 2.05) is 0 Å². The molecular formula is C7H12O4. The van der Waals surface area contributed by atoms with E-state index < -0.39 is 23.2 Å². The van der Waals surface area contributed by atoms with Gasteiger partial charge >= 0.3 is 0 Å². The molecule has 1 saturated carbocycles. The van der Waals surface area contributed by atoms with Crippen molar-refractivity contribution in [3.05, 3.63) is 0 Å². The van der Waals surface area contributed by atoms with E-state index in [0.29, 0.717) is 0 Å². The molecule has 1 rings (SSSR count). The first-order valence-corrected chi connectivity index (χ1v) is 3.43. The van der Waals surface area contributed by atoms with E-state index in [4.69, 9.17) is 10.2 Å². The maximum Gasteiger partial charge on any atom is 0.151 e. The quantitative estimate of drug-likeness (QED) is 0.438. The molecule has 64 valence electrons. The lowest BCUT2D eigenvalue weighted by molar-refractivity contribution is -0.125.